The number of aliphatic carboxylic acids is 1. The molecule has 1 atom stereocenters. The maximum Gasteiger partial charge on any atom is 0.320 e. The van der Waals surface area contributed by atoms with Crippen LogP contribution < -0.4 is 0 Å². The molecule has 1 unspecified atom stereocenters. The van der Waals surface area contributed by atoms with Crippen LogP contribution in [0.4, 0.5) is 0 Å². The van der Waals surface area contributed by atoms with E-state index in [1.54, 1.807) is 20.8 Å². The van der Waals surface area contributed by atoms with E-state index in [-0.39, 0.29) is 0 Å². The van der Waals surface area contributed by atoms with Gasteiger partial charge in [0.25, 0.3) is 0 Å². The minimum atomic E-state index is -1.16. The van der Waals surface area contributed by atoms with E-state index in [1.807, 2.05) is 0 Å². The van der Waals surface area contributed by atoms with E-state index in [4.69, 9.17) is 9.84 Å². The van der Waals surface area contributed by atoms with Crippen molar-refractivity contribution in [1.29, 1.82) is 0 Å². The van der Waals surface area contributed by atoms with Crippen molar-refractivity contribution in [3.05, 3.63) is 0 Å². The molecular weight excluding hydrogens is 160 g/mol. The van der Waals surface area contributed by atoms with Gasteiger partial charge in [0, 0.05) is 0 Å². The number of esters is 1. The molecule has 4 heteroatoms. The molecule has 0 bridgehead atoms. The van der Waals surface area contributed by atoms with Gasteiger partial charge in [0.15, 0.2) is 5.92 Å². The van der Waals surface area contributed by atoms with Gasteiger partial charge < -0.3 is 9.84 Å². The van der Waals surface area contributed by atoms with E-state index in [9.17, 15) is 9.59 Å². The SMILES string of the molecule is CC(C(=O)O)C(=O)OC(C)(C)C. The molecule has 0 rings (SSSR count). The van der Waals surface area contributed by atoms with Crippen LogP contribution in [0.5, 0.6) is 0 Å². The van der Waals surface area contributed by atoms with Crippen LogP contribution >= 0.6 is 0 Å². The summed E-state index contributed by atoms with van der Waals surface area (Å²) in [6.45, 7) is 6.38. The molecule has 0 amide bonds. The van der Waals surface area contributed by atoms with Gasteiger partial charge in [-0.25, -0.2) is 0 Å². The predicted octanol–water partition coefficient (Wildman–Crippen LogP) is 1.05. The highest BCUT2D eigenvalue weighted by Gasteiger charge is 2.26. The summed E-state index contributed by atoms with van der Waals surface area (Å²) in [6, 6.07) is 0. The highest BCUT2D eigenvalue weighted by atomic mass is 16.6. The molecule has 0 aliphatic rings. The van der Waals surface area contributed by atoms with E-state index in [1.165, 1.54) is 6.92 Å². The molecule has 0 saturated heterocycles. The standard InChI is InChI=1S/C8H14O4/c1-5(6(9)10)7(11)12-8(2,3)4/h5H,1-4H3,(H,9,10). The third-order valence-electron chi connectivity index (χ3n) is 1.13. The fraction of sp³-hybridized carbons (Fsp3) is 0.750. The van der Waals surface area contributed by atoms with Crippen molar-refractivity contribution in [1.82, 2.24) is 0 Å². The Morgan fingerprint density at radius 2 is 1.75 bits per heavy atom. The number of carboxylic acid groups (broad SMARTS) is 1. The van der Waals surface area contributed by atoms with Crippen molar-refractivity contribution < 1.29 is 19.4 Å². The third kappa shape index (κ3) is 3.95. The number of carboxylic acids is 1. The maximum absolute atomic E-state index is 11.0. The molecule has 0 aromatic heterocycles. The van der Waals surface area contributed by atoms with Gasteiger partial charge in [-0.05, 0) is 27.7 Å². The van der Waals surface area contributed by atoms with E-state index in [2.05, 4.69) is 0 Å². The summed E-state index contributed by atoms with van der Waals surface area (Å²) in [6.07, 6.45) is 0. The topological polar surface area (TPSA) is 63.6 Å². The maximum atomic E-state index is 11.0. The zero-order valence-electron chi connectivity index (χ0n) is 7.75. The van der Waals surface area contributed by atoms with Crippen LogP contribution in [-0.2, 0) is 14.3 Å². The van der Waals surface area contributed by atoms with Gasteiger partial charge in [0.2, 0.25) is 0 Å². The second-order valence-electron chi connectivity index (χ2n) is 3.59. The molecular formula is C8H14O4. The number of carbonyl (C=O) groups is 2. The molecule has 0 heterocycles. The first-order chi connectivity index (χ1) is 5.24. The molecule has 0 spiro atoms. The van der Waals surface area contributed by atoms with E-state index in [0.717, 1.165) is 0 Å². The Balaban J connectivity index is 4.15. The third-order valence-corrected chi connectivity index (χ3v) is 1.13. The molecule has 0 aromatic carbocycles. The molecule has 0 saturated carbocycles. The number of hydrogen-bond acceptors (Lipinski definition) is 3. The Hall–Kier alpha value is -1.06. The lowest BCUT2D eigenvalue weighted by molar-refractivity contribution is -0.165. The second-order valence-corrected chi connectivity index (χ2v) is 3.59. The number of ether oxygens (including phenoxy) is 1. The van der Waals surface area contributed by atoms with Crippen molar-refractivity contribution in [3.63, 3.8) is 0 Å². The molecule has 0 radical (unpaired) electrons. The van der Waals surface area contributed by atoms with E-state index < -0.39 is 23.5 Å². The Bertz CT molecular complexity index is 190. The largest absolute Gasteiger partial charge is 0.481 e. The molecule has 0 aliphatic heterocycles. The van der Waals surface area contributed by atoms with Crippen LogP contribution in [-0.4, -0.2) is 22.6 Å². The molecule has 1 N–H and O–H groups in total. The zero-order valence-corrected chi connectivity index (χ0v) is 7.75. The van der Waals surface area contributed by atoms with Gasteiger partial charge in [0.05, 0.1) is 0 Å². The predicted molar refractivity (Wildman–Crippen MR) is 42.6 cm³/mol. The fourth-order valence-corrected chi connectivity index (χ4v) is 0.491. The van der Waals surface area contributed by atoms with Crippen LogP contribution in [0.25, 0.3) is 0 Å². The summed E-state index contributed by atoms with van der Waals surface area (Å²) in [7, 11) is 0. The number of rotatable bonds is 2. The fourth-order valence-electron chi connectivity index (χ4n) is 0.491. The highest BCUT2D eigenvalue weighted by Crippen LogP contribution is 2.10. The zero-order chi connectivity index (χ0) is 9.94. The Morgan fingerprint density at radius 1 is 1.33 bits per heavy atom. The van der Waals surface area contributed by atoms with Crippen LogP contribution in [0.3, 0.4) is 0 Å². The van der Waals surface area contributed by atoms with Crippen LogP contribution in [0.15, 0.2) is 0 Å². The Labute approximate surface area is 71.5 Å². The number of hydrogen-bond donors (Lipinski definition) is 1. The first-order valence-corrected chi connectivity index (χ1v) is 3.69. The molecule has 0 aliphatic carbocycles. The summed E-state index contributed by atoms with van der Waals surface area (Å²) < 4.78 is 4.84. The monoisotopic (exact) mass is 174 g/mol. The molecule has 4 nitrogen and oxygen atoms in total. The van der Waals surface area contributed by atoms with Crippen molar-refractivity contribution in [2.75, 3.05) is 0 Å². The Kier molecular flexibility index (Phi) is 3.24. The van der Waals surface area contributed by atoms with Crippen molar-refractivity contribution in [2.24, 2.45) is 5.92 Å². The summed E-state index contributed by atoms with van der Waals surface area (Å²) in [5.74, 6) is -2.96. The Morgan fingerprint density at radius 3 is 2.00 bits per heavy atom. The van der Waals surface area contributed by atoms with Crippen LogP contribution in [0, 0.1) is 5.92 Å². The first-order valence-electron chi connectivity index (χ1n) is 3.69. The summed E-state index contributed by atoms with van der Waals surface area (Å²) in [5.41, 5.74) is -0.624. The van der Waals surface area contributed by atoms with Gasteiger partial charge in [-0.15, -0.1) is 0 Å². The van der Waals surface area contributed by atoms with E-state index >= 15 is 0 Å². The van der Waals surface area contributed by atoms with Crippen molar-refractivity contribution in [3.8, 4) is 0 Å². The average Bonchev–Trinajstić information content (AvgIpc) is 1.82. The van der Waals surface area contributed by atoms with Crippen LogP contribution in [0.1, 0.15) is 27.7 Å². The summed E-state index contributed by atoms with van der Waals surface area (Å²) in [5, 5.41) is 8.45. The second kappa shape index (κ2) is 3.56. The van der Waals surface area contributed by atoms with Gasteiger partial charge in [0.1, 0.15) is 5.60 Å². The average molecular weight is 174 g/mol. The van der Waals surface area contributed by atoms with E-state index in [0.29, 0.717) is 0 Å². The quantitative estimate of drug-likeness (QED) is 0.502. The summed E-state index contributed by atoms with van der Waals surface area (Å²) in [4.78, 5) is 21.3. The van der Waals surface area contributed by atoms with Gasteiger partial charge in [-0.1, -0.05) is 0 Å². The highest BCUT2D eigenvalue weighted by molar-refractivity contribution is 5.93. The molecule has 0 fully saturated rings. The lowest BCUT2D eigenvalue weighted by atomic mass is 10.1. The van der Waals surface area contributed by atoms with Crippen molar-refractivity contribution in [2.45, 2.75) is 33.3 Å². The van der Waals surface area contributed by atoms with Gasteiger partial charge >= 0.3 is 11.9 Å². The van der Waals surface area contributed by atoms with Gasteiger partial charge in [-0.3, -0.25) is 9.59 Å². The normalized spacial score (nSPS) is 13.7. The van der Waals surface area contributed by atoms with Crippen LogP contribution in [0.2, 0.25) is 0 Å². The molecule has 0 aromatic rings. The minimum Gasteiger partial charge on any atom is -0.481 e. The first kappa shape index (κ1) is 10.9. The van der Waals surface area contributed by atoms with Crippen molar-refractivity contribution >= 4 is 11.9 Å². The lowest BCUT2D eigenvalue weighted by Gasteiger charge is -2.20. The smallest absolute Gasteiger partial charge is 0.320 e. The van der Waals surface area contributed by atoms with Gasteiger partial charge in [-0.2, -0.15) is 0 Å². The number of carbonyl (C=O) groups excluding carboxylic acids is 1. The lowest BCUT2D eigenvalue weighted by Crippen LogP contribution is -2.31. The summed E-state index contributed by atoms with van der Waals surface area (Å²) >= 11 is 0. The molecule has 12 heavy (non-hydrogen) atoms. The minimum absolute atomic E-state index is 0.624. The molecule has 70 valence electrons.